The third-order valence-electron chi connectivity index (χ3n) is 1.11. The van der Waals surface area contributed by atoms with Gasteiger partial charge in [0.15, 0.2) is 0 Å². The van der Waals surface area contributed by atoms with E-state index in [-0.39, 0.29) is 0 Å². The number of hydrogen-bond donors (Lipinski definition) is 0. The molecule has 0 saturated heterocycles. The number of benzene rings is 1. The lowest BCUT2D eigenvalue weighted by Crippen LogP contribution is -1.98. The molecule has 0 radical (unpaired) electrons. The molecule has 0 N–H and O–H groups in total. The highest BCUT2D eigenvalue weighted by Gasteiger charge is 1.87. The van der Waals surface area contributed by atoms with Crippen LogP contribution >= 0.6 is 0 Å². The average molecular weight is 197 g/mol. The van der Waals surface area contributed by atoms with Crippen molar-refractivity contribution in [1.29, 1.82) is 0 Å². The molecule has 0 spiro atoms. The van der Waals surface area contributed by atoms with Gasteiger partial charge in [-0.25, -0.2) is 0 Å². The van der Waals surface area contributed by atoms with Gasteiger partial charge in [-0.15, -0.1) is 0 Å². The zero-order chi connectivity index (χ0) is 9.73. The molecule has 0 amide bonds. The predicted octanol–water partition coefficient (Wildman–Crippen LogP) is 0.472. The Morgan fingerprint density at radius 3 is 2.38 bits per heavy atom. The van der Waals surface area contributed by atoms with E-state index in [0.29, 0.717) is 5.56 Å². The van der Waals surface area contributed by atoms with E-state index < -0.39 is 10.4 Å². The molecule has 1 aromatic rings. The van der Waals surface area contributed by atoms with Crippen molar-refractivity contribution < 1.29 is 17.2 Å². The van der Waals surface area contributed by atoms with Crippen molar-refractivity contribution in [1.82, 2.24) is 0 Å². The number of hydrogen-bond acceptors (Lipinski definition) is 4. The van der Waals surface area contributed by atoms with Crippen LogP contribution in [0, 0.1) is 12.0 Å². The summed E-state index contributed by atoms with van der Waals surface area (Å²) in [5, 5.41) is 0. The molecule has 5 heteroatoms. The van der Waals surface area contributed by atoms with Crippen molar-refractivity contribution in [3.8, 4) is 12.0 Å². The van der Waals surface area contributed by atoms with E-state index in [9.17, 15) is 13.0 Å². The molecule has 0 bridgehead atoms. The largest absolute Gasteiger partial charge is 0.715 e. The van der Waals surface area contributed by atoms with Crippen LogP contribution in [0.15, 0.2) is 30.3 Å². The minimum absolute atomic E-state index is 0.575. The molecule has 68 valence electrons. The topological polar surface area (TPSA) is 66.4 Å². The van der Waals surface area contributed by atoms with Crippen LogP contribution in [-0.4, -0.2) is 13.0 Å². The van der Waals surface area contributed by atoms with Crippen LogP contribution in [-0.2, 0) is 14.6 Å². The van der Waals surface area contributed by atoms with Gasteiger partial charge < -0.3 is 8.74 Å². The van der Waals surface area contributed by atoms with Crippen LogP contribution in [0.3, 0.4) is 0 Å². The zero-order valence-electron chi connectivity index (χ0n) is 6.43. The Morgan fingerprint density at radius 2 is 1.85 bits per heavy atom. The third-order valence-corrected chi connectivity index (χ3v) is 1.40. The van der Waals surface area contributed by atoms with Crippen LogP contribution in [0.4, 0.5) is 0 Å². The van der Waals surface area contributed by atoms with Crippen molar-refractivity contribution in [2.75, 3.05) is 0 Å². The van der Waals surface area contributed by atoms with E-state index in [0.717, 1.165) is 0 Å². The second kappa shape index (κ2) is 3.94. The lowest BCUT2D eigenvalue weighted by molar-refractivity contribution is 0.357. The Balaban J connectivity index is 2.70. The predicted molar refractivity (Wildman–Crippen MR) is 44.1 cm³/mol. The lowest BCUT2D eigenvalue weighted by atomic mass is 10.2. The van der Waals surface area contributed by atoms with Gasteiger partial charge in [0, 0.05) is 5.56 Å². The molecule has 1 aromatic carbocycles. The molecule has 0 aromatic heterocycles. The summed E-state index contributed by atoms with van der Waals surface area (Å²) < 4.78 is 33.5. The quantitative estimate of drug-likeness (QED) is 0.373. The Hall–Kier alpha value is -1.51. The van der Waals surface area contributed by atoms with E-state index in [4.69, 9.17) is 0 Å². The van der Waals surface area contributed by atoms with Gasteiger partial charge in [-0.1, -0.05) is 18.2 Å². The molecule has 13 heavy (non-hydrogen) atoms. The summed E-state index contributed by atoms with van der Waals surface area (Å²) in [6.45, 7) is 0. The van der Waals surface area contributed by atoms with Crippen molar-refractivity contribution in [3.05, 3.63) is 35.9 Å². The Labute approximate surface area is 76.1 Å². The SMILES string of the molecule is O=S(=O)([O-])OC#Cc1ccccc1. The van der Waals surface area contributed by atoms with E-state index in [2.05, 4.69) is 10.1 Å². The molecule has 0 unspecified atom stereocenters. The fraction of sp³-hybridized carbons (Fsp3) is 0. The first-order valence-corrected chi connectivity index (χ1v) is 4.61. The van der Waals surface area contributed by atoms with Gasteiger partial charge >= 0.3 is 0 Å². The van der Waals surface area contributed by atoms with Crippen LogP contribution in [0.2, 0.25) is 0 Å². The van der Waals surface area contributed by atoms with Gasteiger partial charge in [0.2, 0.25) is 0 Å². The first-order valence-electron chi connectivity index (χ1n) is 3.28. The van der Waals surface area contributed by atoms with Crippen LogP contribution in [0.5, 0.6) is 0 Å². The normalized spacial score (nSPS) is 9.92. The fourth-order valence-corrected chi connectivity index (χ4v) is 0.796. The standard InChI is InChI=1S/C8H6O4S/c9-13(10,11)12-7-6-8-4-2-1-3-5-8/h1-5H,(H,9,10,11)/p-1. The van der Waals surface area contributed by atoms with Crippen LogP contribution in [0.1, 0.15) is 5.56 Å². The Kier molecular flexibility index (Phi) is 2.90. The van der Waals surface area contributed by atoms with Crippen LogP contribution < -0.4 is 0 Å². The summed E-state index contributed by atoms with van der Waals surface area (Å²) in [4.78, 5) is 0. The Morgan fingerprint density at radius 1 is 1.23 bits per heavy atom. The van der Waals surface area contributed by atoms with E-state index >= 15 is 0 Å². The smallest absolute Gasteiger partial charge is 0.270 e. The maximum absolute atomic E-state index is 9.94. The summed E-state index contributed by atoms with van der Waals surface area (Å²) in [5.41, 5.74) is 0.575. The van der Waals surface area contributed by atoms with Crippen molar-refractivity contribution in [2.45, 2.75) is 0 Å². The molecular formula is C8H5O4S-. The van der Waals surface area contributed by atoms with Crippen molar-refractivity contribution >= 4 is 10.4 Å². The van der Waals surface area contributed by atoms with E-state index in [1.807, 2.05) is 0 Å². The summed E-state index contributed by atoms with van der Waals surface area (Å²) in [6.07, 6.45) is 1.79. The van der Waals surface area contributed by atoms with E-state index in [1.54, 1.807) is 36.4 Å². The van der Waals surface area contributed by atoms with Gasteiger partial charge in [0.25, 0.3) is 10.4 Å². The highest BCUT2D eigenvalue weighted by molar-refractivity contribution is 7.80. The van der Waals surface area contributed by atoms with Gasteiger partial charge in [0.1, 0.15) is 6.11 Å². The first-order chi connectivity index (χ1) is 6.08. The maximum atomic E-state index is 9.94. The second-order valence-corrected chi connectivity index (χ2v) is 3.07. The molecule has 4 nitrogen and oxygen atoms in total. The Bertz CT molecular complexity index is 424. The molecule has 0 atom stereocenters. The van der Waals surface area contributed by atoms with Crippen molar-refractivity contribution in [3.63, 3.8) is 0 Å². The molecule has 0 aliphatic rings. The van der Waals surface area contributed by atoms with Crippen molar-refractivity contribution in [2.24, 2.45) is 0 Å². The monoisotopic (exact) mass is 197 g/mol. The second-order valence-electron chi connectivity index (χ2n) is 2.08. The fourth-order valence-electron chi connectivity index (χ4n) is 0.652. The molecule has 0 heterocycles. The minimum atomic E-state index is -4.72. The molecule has 0 aliphatic heterocycles. The molecular weight excluding hydrogens is 192 g/mol. The maximum Gasteiger partial charge on any atom is 0.270 e. The van der Waals surface area contributed by atoms with Gasteiger partial charge in [-0.3, -0.25) is 0 Å². The van der Waals surface area contributed by atoms with E-state index in [1.165, 1.54) is 0 Å². The lowest BCUT2D eigenvalue weighted by Gasteiger charge is -1.99. The summed E-state index contributed by atoms with van der Waals surface area (Å²) in [7, 11) is -4.72. The van der Waals surface area contributed by atoms with Gasteiger partial charge in [-0.2, -0.15) is 8.42 Å². The van der Waals surface area contributed by atoms with Gasteiger partial charge in [-0.05, 0) is 18.1 Å². The molecule has 0 saturated carbocycles. The first kappa shape index (κ1) is 9.58. The molecule has 0 aliphatic carbocycles. The molecule has 0 fully saturated rings. The summed E-state index contributed by atoms with van der Waals surface area (Å²) >= 11 is 0. The van der Waals surface area contributed by atoms with Gasteiger partial charge in [0.05, 0.1) is 0 Å². The average Bonchev–Trinajstić information content (AvgIpc) is 2.04. The van der Waals surface area contributed by atoms with Crippen LogP contribution in [0.25, 0.3) is 0 Å². The highest BCUT2D eigenvalue weighted by atomic mass is 32.3. The highest BCUT2D eigenvalue weighted by Crippen LogP contribution is 1.94. The summed E-state index contributed by atoms with van der Waals surface area (Å²) in [6, 6.07) is 8.57. The summed E-state index contributed by atoms with van der Waals surface area (Å²) in [5.74, 6) is 2.35. The molecule has 1 rings (SSSR count). The minimum Gasteiger partial charge on any atom is -0.715 e. The third kappa shape index (κ3) is 4.15. The zero-order valence-corrected chi connectivity index (χ0v) is 7.24. The number of rotatable bonds is 1.